The van der Waals surface area contributed by atoms with Gasteiger partial charge in [-0.15, -0.1) is 23.3 Å². The van der Waals surface area contributed by atoms with Crippen molar-refractivity contribution in [1.29, 1.82) is 0 Å². The van der Waals surface area contributed by atoms with Crippen molar-refractivity contribution in [2.45, 2.75) is 59.8 Å². The Bertz CT molecular complexity index is 1740. The maximum Gasteiger partial charge on any atom is 0.155 e. The van der Waals surface area contributed by atoms with E-state index in [1.807, 2.05) is 12.3 Å². The van der Waals surface area contributed by atoms with Gasteiger partial charge in [-0.2, -0.15) is 0 Å². The van der Waals surface area contributed by atoms with Gasteiger partial charge >= 0.3 is 0 Å². The van der Waals surface area contributed by atoms with Gasteiger partial charge in [-0.05, 0) is 55.0 Å². The average Bonchev–Trinajstić information content (AvgIpc) is 3.17. The Hall–Kier alpha value is -3.27. The van der Waals surface area contributed by atoms with Crippen molar-refractivity contribution in [3.05, 3.63) is 88.8 Å². The zero-order valence-electron chi connectivity index (χ0n) is 22.8. The number of furan rings is 1. The Balaban J connectivity index is 0.000000375. The van der Waals surface area contributed by atoms with Crippen LogP contribution in [-0.4, -0.2) is 15.9 Å². The summed E-state index contributed by atoms with van der Waals surface area (Å²) in [6.07, 6.45) is 3.03. The van der Waals surface area contributed by atoms with E-state index in [1.54, 1.807) is 0 Å². The van der Waals surface area contributed by atoms with E-state index >= 15 is 0 Å². The number of allylic oxidation sites excluding steroid dienone is 2. The molecule has 0 atom stereocenters. The third-order valence-electron chi connectivity index (χ3n) is 7.23. The number of carbonyl (C=O) groups is 1. The molecule has 0 fully saturated rings. The van der Waals surface area contributed by atoms with Crippen molar-refractivity contribution in [3.63, 3.8) is 0 Å². The number of hydrogen-bond acceptors (Lipinski definition) is 4. The number of nitrogens with zero attached hydrogens (tertiary/aromatic N) is 1. The van der Waals surface area contributed by atoms with Gasteiger partial charge < -0.3 is 14.5 Å². The van der Waals surface area contributed by atoms with E-state index in [4.69, 9.17) is 14.5 Å². The predicted molar refractivity (Wildman–Crippen MR) is 151 cm³/mol. The van der Waals surface area contributed by atoms with E-state index in [2.05, 4.69) is 77.1 Å². The van der Waals surface area contributed by atoms with E-state index in [-0.39, 0.29) is 37.1 Å². The molecule has 1 aliphatic carbocycles. The Morgan fingerprint density at radius 2 is 1.84 bits per heavy atom. The molecule has 197 valence electrons. The van der Waals surface area contributed by atoms with E-state index < -0.39 is 0 Å². The van der Waals surface area contributed by atoms with Crippen molar-refractivity contribution in [3.8, 4) is 11.3 Å². The van der Waals surface area contributed by atoms with Crippen molar-refractivity contribution in [2.24, 2.45) is 0 Å². The molecule has 2 aromatic heterocycles. The normalized spacial score (nSPS) is 13.7. The molecule has 4 nitrogen and oxygen atoms in total. The molecule has 0 bridgehead atoms. The zero-order chi connectivity index (χ0) is 26.6. The van der Waals surface area contributed by atoms with E-state index in [0.717, 1.165) is 27.8 Å². The summed E-state index contributed by atoms with van der Waals surface area (Å²) in [6.45, 7) is 14.1. The molecular weight excluding hydrogens is 651 g/mol. The molecule has 38 heavy (non-hydrogen) atoms. The Labute approximate surface area is 237 Å². The zero-order valence-corrected chi connectivity index (χ0v) is 25.2. The summed E-state index contributed by atoms with van der Waals surface area (Å²) >= 11 is 0. The van der Waals surface area contributed by atoms with Crippen LogP contribution in [0.5, 0.6) is 0 Å². The molecule has 0 unspecified atom stereocenters. The molecule has 1 radical (unpaired) electrons. The number of benzene rings is 3. The largest absolute Gasteiger partial charge is 0.512 e. The summed E-state index contributed by atoms with van der Waals surface area (Å²) in [5.74, 6) is 0.327. The first-order valence-electron chi connectivity index (χ1n) is 12.7. The number of aromatic nitrogens is 1. The number of carbonyl (C=O) groups excluding carboxylic acids is 1. The molecule has 5 heteroatoms. The van der Waals surface area contributed by atoms with E-state index in [9.17, 15) is 4.79 Å². The third-order valence-corrected chi connectivity index (χ3v) is 7.23. The second-order valence-corrected chi connectivity index (χ2v) is 10.8. The first-order chi connectivity index (χ1) is 17.5. The molecule has 1 N–H and O–H groups in total. The number of fused-ring (bicyclic) bond motifs is 4. The van der Waals surface area contributed by atoms with Gasteiger partial charge in [0.2, 0.25) is 0 Å². The van der Waals surface area contributed by atoms with Crippen LogP contribution in [0.1, 0.15) is 69.7 Å². The fraction of sp³-hybridized carbons (Fsp3) is 0.273. The van der Waals surface area contributed by atoms with Crippen LogP contribution in [0.2, 0.25) is 0 Å². The summed E-state index contributed by atoms with van der Waals surface area (Å²) in [5.41, 5.74) is 8.89. The number of pyridine rings is 1. The summed E-state index contributed by atoms with van der Waals surface area (Å²) in [4.78, 5) is 14.9. The molecular formula is C33H32IrNO3-. The fourth-order valence-corrected chi connectivity index (χ4v) is 5.65. The van der Waals surface area contributed by atoms with Crippen molar-refractivity contribution >= 4 is 38.5 Å². The maximum atomic E-state index is 10.0. The number of ketones is 1. The van der Waals surface area contributed by atoms with Gasteiger partial charge in [0.25, 0.3) is 0 Å². The van der Waals surface area contributed by atoms with Gasteiger partial charge in [0.1, 0.15) is 11.2 Å². The van der Waals surface area contributed by atoms with Crippen LogP contribution < -0.4 is 0 Å². The summed E-state index contributed by atoms with van der Waals surface area (Å²) in [7, 11) is 0. The molecule has 6 rings (SSSR count). The van der Waals surface area contributed by atoms with Crippen LogP contribution in [-0.2, 0) is 30.3 Å². The molecule has 3 aromatic carbocycles. The van der Waals surface area contributed by atoms with Crippen molar-refractivity contribution in [1.82, 2.24) is 4.98 Å². The third kappa shape index (κ3) is 4.48. The quantitative estimate of drug-likeness (QED) is 0.115. The monoisotopic (exact) mass is 683 g/mol. The number of aryl methyl sites for hydroxylation is 1. The van der Waals surface area contributed by atoms with Gasteiger partial charge in [-0.25, -0.2) is 0 Å². The van der Waals surface area contributed by atoms with Gasteiger partial charge in [-0.3, -0.25) is 4.79 Å². The van der Waals surface area contributed by atoms with Crippen LogP contribution in [0.15, 0.2) is 64.9 Å². The molecule has 0 amide bonds. The van der Waals surface area contributed by atoms with Gasteiger partial charge in [-0.1, -0.05) is 74.4 Å². The Kier molecular flexibility index (Phi) is 7.40. The Morgan fingerprint density at radius 3 is 2.47 bits per heavy atom. The SMILES string of the molecule is CC(=O)/C=C(/C)O.Cc1ccc2c3c([c-]cc2c1)-c1nccc2oc4c(C(C)C)ccc(c4c12)C3(C)C.[Ir]. The van der Waals surface area contributed by atoms with Gasteiger partial charge in [0.15, 0.2) is 5.78 Å². The fourth-order valence-electron chi connectivity index (χ4n) is 5.65. The van der Waals surface area contributed by atoms with Crippen LogP contribution in [0, 0.1) is 13.0 Å². The second kappa shape index (κ2) is 10.1. The standard InChI is InChI=1S/C28H24NO.C5H8O2.Ir/c1-15(2)18-10-11-21-23-24-22(30-27(18)23)12-13-29-26(24)20-9-7-17-14-16(3)6-8-19(17)25(20)28(21,4)5;1-4(6)3-5(2)7;/h6-8,10-15H,1-5H3;3,6H,1-2H3;/q-1;;/b;4-3-;. The minimum atomic E-state index is -0.216. The Morgan fingerprint density at radius 1 is 1.11 bits per heavy atom. The van der Waals surface area contributed by atoms with E-state index in [1.165, 1.54) is 58.3 Å². The van der Waals surface area contributed by atoms with E-state index in [0.29, 0.717) is 5.92 Å². The smallest absolute Gasteiger partial charge is 0.155 e. The second-order valence-electron chi connectivity index (χ2n) is 10.8. The van der Waals surface area contributed by atoms with Crippen molar-refractivity contribution < 1.29 is 34.4 Å². The maximum absolute atomic E-state index is 10.0. The first kappa shape index (κ1) is 27.8. The number of rotatable bonds is 2. The average molecular weight is 683 g/mol. The first-order valence-corrected chi connectivity index (χ1v) is 12.7. The molecule has 2 heterocycles. The van der Waals surface area contributed by atoms with Gasteiger partial charge in [0.05, 0.1) is 5.76 Å². The van der Waals surface area contributed by atoms with Crippen LogP contribution in [0.4, 0.5) is 0 Å². The summed E-state index contributed by atoms with van der Waals surface area (Å²) in [5, 5.41) is 13.2. The molecule has 0 aliphatic heterocycles. The van der Waals surface area contributed by atoms with Gasteiger partial charge in [0, 0.05) is 43.2 Å². The molecule has 0 spiro atoms. The minimum Gasteiger partial charge on any atom is -0.512 e. The molecule has 0 saturated carbocycles. The summed E-state index contributed by atoms with van der Waals surface area (Å²) in [6, 6.07) is 19.0. The minimum absolute atomic E-state index is 0. The number of aliphatic hydroxyl groups excluding tert-OH is 1. The number of hydrogen-bond donors (Lipinski definition) is 1. The molecule has 5 aromatic rings. The topological polar surface area (TPSA) is 63.3 Å². The summed E-state index contributed by atoms with van der Waals surface area (Å²) < 4.78 is 6.46. The molecule has 1 aliphatic rings. The van der Waals surface area contributed by atoms with Crippen LogP contribution >= 0.6 is 0 Å². The number of aliphatic hydroxyl groups is 1. The molecule has 0 saturated heterocycles. The van der Waals surface area contributed by atoms with Crippen LogP contribution in [0.3, 0.4) is 0 Å². The van der Waals surface area contributed by atoms with Crippen LogP contribution in [0.25, 0.3) is 44.0 Å². The van der Waals surface area contributed by atoms with Crippen molar-refractivity contribution in [2.75, 3.05) is 0 Å². The predicted octanol–water partition coefficient (Wildman–Crippen LogP) is 8.71.